The minimum absolute atomic E-state index is 0.282. The normalized spacial score (nSPS) is 14.7. The van der Waals surface area contributed by atoms with E-state index in [1.165, 1.54) is 14.0 Å². The summed E-state index contributed by atoms with van der Waals surface area (Å²) in [6, 6.07) is 8.20. The van der Waals surface area contributed by atoms with Gasteiger partial charge in [-0.1, -0.05) is 30.3 Å². The van der Waals surface area contributed by atoms with Crippen molar-refractivity contribution in [3.63, 3.8) is 0 Å². The van der Waals surface area contributed by atoms with Gasteiger partial charge in [-0.25, -0.2) is 13.1 Å². The van der Waals surface area contributed by atoms with Crippen molar-refractivity contribution in [3.05, 3.63) is 35.9 Å². The van der Waals surface area contributed by atoms with Crippen LogP contribution in [0.2, 0.25) is 0 Å². The number of carboxylic acid groups (broad SMARTS) is 1. The van der Waals surface area contributed by atoms with Crippen LogP contribution >= 0.6 is 0 Å². The molecule has 0 aliphatic heterocycles. The van der Waals surface area contributed by atoms with Crippen molar-refractivity contribution >= 4 is 16.0 Å². The molecule has 0 aliphatic rings. The summed E-state index contributed by atoms with van der Waals surface area (Å²) in [7, 11) is -2.28. The van der Waals surface area contributed by atoms with Gasteiger partial charge in [0.05, 0.1) is 11.9 Å². The van der Waals surface area contributed by atoms with Gasteiger partial charge in [-0.2, -0.15) is 0 Å². The number of methoxy groups -OCH3 is 1. The second kappa shape index (κ2) is 7.37. The van der Waals surface area contributed by atoms with Gasteiger partial charge >= 0.3 is 5.97 Å². The number of carboxylic acids is 1. The quantitative estimate of drug-likeness (QED) is 0.735. The predicted molar refractivity (Wildman–Crippen MR) is 75.0 cm³/mol. The van der Waals surface area contributed by atoms with Crippen LogP contribution in [0.3, 0.4) is 0 Å². The Hall–Kier alpha value is -1.44. The van der Waals surface area contributed by atoms with Gasteiger partial charge in [0.15, 0.2) is 0 Å². The zero-order valence-corrected chi connectivity index (χ0v) is 12.3. The van der Waals surface area contributed by atoms with Crippen molar-refractivity contribution < 1.29 is 23.1 Å². The third-order valence-corrected chi connectivity index (χ3v) is 4.29. The number of carbonyl (C=O) groups is 1. The second-order valence-electron chi connectivity index (χ2n) is 4.51. The number of hydrogen-bond donors (Lipinski definition) is 2. The van der Waals surface area contributed by atoms with Gasteiger partial charge in [-0.15, -0.1) is 0 Å². The summed E-state index contributed by atoms with van der Waals surface area (Å²) in [4.78, 5) is 10.7. The number of rotatable bonds is 8. The van der Waals surface area contributed by atoms with Crippen molar-refractivity contribution in [1.82, 2.24) is 4.72 Å². The third-order valence-electron chi connectivity index (χ3n) is 2.77. The Morgan fingerprint density at radius 3 is 2.45 bits per heavy atom. The number of hydrogen-bond acceptors (Lipinski definition) is 4. The second-order valence-corrected chi connectivity index (χ2v) is 6.31. The van der Waals surface area contributed by atoms with Crippen molar-refractivity contribution in [2.24, 2.45) is 0 Å². The molecule has 0 spiro atoms. The highest BCUT2D eigenvalue weighted by Crippen LogP contribution is 2.07. The summed E-state index contributed by atoms with van der Waals surface area (Å²) in [5.74, 6) is -1.50. The minimum atomic E-state index is -3.71. The lowest BCUT2D eigenvalue weighted by Gasteiger charge is -2.17. The predicted octanol–water partition coefficient (Wildman–Crippen LogP) is 0.637. The molecule has 0 amide bonds. The zero-order chi connectivity index (χ0) is 15.2. The van der Waals surface area contributed by atoms with Crippen molar-refractivity contribution in [2.45, 2.75) is 25.5 Å². The first kappa shape index (κ1) is 16.6. The molecule has 7 heteroatoms. The molecule has 1 aromatic carbocycles. The van der Waals surface area contributed by atoms with Crippen molar-refractivity contribution in [1.29, 1.82) is 0 Å². The lowest BCUT2D eigenvalue weighted by Crippen LogP contribution is -2.42. The van der Waals surface area contributed by atoms with Crippen LogP contribution in [0.25, 0.3) is 0 Å². The highest BCUT2D eigenvalue weighted by atomic mass is 32.2. The van der Waals surface area contributed by atoms with E-state index in [0.717, 1.165) is 5.56 Å². The van der Waals surface area contributed by atoms with Gasteiger partial charge in [-0.05, 0) is 18.9 Å². The maximum absolute atomic E-state index is 11.9. The molecule has 0 aliphatic carbocycles. The summed E-state index contributed by atoms with van der Waals surface area (Å²) < 4.78 is 31.0. The highest BCUT2D eigenvalue weighted by molar-refractivity contribution is 7.89. The Kier molecular flexibility index (Phi) is 6.12. The van der Waals surface area contributed by atoms with Gasteiger partial charge in [0, 0.05) is 7.11 Å². The molecule has 0 bridgehead atoms. The van der Waals surface area contributed by atoms with Gasteiger partial charge in [0.2, 0.25) is 10.0 Å². The molecular weight excluding hydrogens is 282 g/mol. The Bertz CT molecular complexity index is 529. The number of nitrogens with one attached hydrogen (secondary N) is 1. The van der Waals surface area contributed by atoms with E-state index >= 15 is 0 Å². The first-order valence-corrected chi connectivity index (χ1v) is 7.79. The summed E-state index contributed by atoms with van der Waals surface area (Å²) in [6.45, 7) is 1.28. The molecule has 1 aromatic rings. The van der Waals surface area contributed by atoms with E-state index in [1.54, 1.807) is 0 Å². The summed E-state index contributed by atoms with van der Waals surface area (Å²) in [5.41, 5.74) is 0.959. The molecule has 1 rings (SSSR count). The van der Waals surface area contributed by atoms with Crippen LogP contribution in [0.4, 0.5) is 0 Å². The SMILES string of the molecule is COC(Cc1ccccc1)CS(=O)(=O)N[C@H](C)C(=O)O. The molecule has 6 nitrogen and oxygen atoms in total. The lowest BCUT2D eigenvalue weighted by molar-refractivity contribution is -0.138. The van der Waals surface area contributed by atoms with Crippen molar-refractivity contribution in [3.8, 4) is 0 Å². The Balaban J connectivity index is 2.65. The molecule has 1 unspecified atom stereocenters. The van der Waals surface area contributed by atoms with E-state index in [-0.39, 0.29) is 5.75 Å². The first-order valence-electron chi connectivity index (χ1n) is 6.13. The fraction of sp³-hybridized carbons (Fsp3) is 0.462. The third kappa shape index (κ3) is 5.68. The standard InChI is InChI=1S/C13H19NO5S/c1-10(13(15)16)14-20(17,18)9-12(19-2)8-11-6-4-3-5-7-11/h3-7,10,12,14H,8-9H2,1-2H3,(H,15,16)/t10-,12?/m1/s1. The van der Waals surface area contributed by atoms with E-state index in [0.29, 0.717) is 6.42 Å². The molecule has 0 heterocycles. The molecule has 112 valence electrons. The largest absolute Gasteiger partial charge is 0.480 e. The summed E-state index contributed by atoms with van der Waals surface area (Å²) in [6.07, 6.45) is -0.0874. The van der Waals surface area contributed by atoms with Gasteiger partial charge in [0.1, 0.15) is 6.04 Å². The number of sulfonamides is 1. The maximum atomic E-state index is 11.9. The Labute approximate surface area is 118 Å². The lowest BCUT2D eigenvalue weighted by atomic mass is 10.1. The van der Waals surface area contributed by atoms with Gasteiger partial charge < -0.3 is 9.84 Å². The van der Waals surface area contributed by atoms with E-state index in [1.807, 2.05) is 30.3 Å². The Morgan fingerprint density at radius 1 is 1.35 bits per heavy atom. The van der Waals surface area contributed by atoms with Crippen LogP contribution in [0.1, 0.15) is 12.5 Å². The van der Waals surface area contributed by atoms with E-state index in [9.17, 15) is 13.2 Å². The van der Waals surface area contributed by atoms with Gasteiger partial charge in [0.25, 0.3) is 0 Å². The number of ether oxygens (including phenoxy) is 1. The molecule has 20 heavy (non-hydrogen) atoms. The molecular formula is C13H19NO5S. The van der Waals surface area contributed by atoms with Crippen LogP contribution < -0.4 is 4.72 Å². The summed E-state index contributed by atoms with van der Waals surface area (Å²) >= 11 is 0. The van der Waals surface area contributed by atoms with E-state index in [4.69, 9.17) is 9.84 Å². The van der Waals surface area contributed by atoms with Crippen molar-refractivity contribution in [2.75, 3.05) is 12.9 Å². The van der Waals surface area contributed by atoms with Crippen LogP contribution in [-0.2, 0) is 26.0 Å². The molecule has 0 aromatic heterocycles. The zero-order valence-electron chi connectivity index (χ0n) is 11.4. The van der Waals surface area contributed by atoms with E-state index in [2.05, 4.69) is 4.72 Å². The minimum Gasteiger partial charge on any atom is -0.480 e. The topological polar surface area (TPSA) is 92.7 Å². The Morgan fingerprint density at radius 2 is 1.95 bits per heavy atom. The van der Waals surface area contributed by atoms with Crippen LogP contribution in [-0.4, -0.2) is 44.5 Å². The smallest absolute Gasteiger partial charge is 0.321 e. The fourth-order valence-corrected chi connectivity index (χ4v) is 3.18. The van der Waals surface area contributed by atoms with E-state index < -0.39 is 28.1 Å². The van der Waals surface area contributed by atoms with Crippen LogP contribution in [0, 0.1) is 0 Å². The molecule has 2 N–H and O–H groups in total. The fourth-order valence-electron chi connectivity index (χ4n) is 1.70. The monoisotopic (exact) mass is 301 g/mol. The molecule has 0 radical (unpaired) electrons. The summed E-state index contributed by atoms with van der Waals surface area (Å²) in [5, 5.41) is 8.71. The molecule has 0 fully saturated rings. The van der Waals surface area contributed by atoms with Crippen LogP contribution in [0.15, 0.2) is 30.3 Å². The van der Waals surface area contributed by atoms with Gasteiger partial charge in [-0.3, -0.25) is 4.79 Å². The van der Waals surface area contributed by atoms with Crippen LogP contribution in [0.5, 0.6) is 0 Å². The molecule has 0 saturated carbocycles. The maximum Gasteiger partial charge on any atom is 0.321 e. The number of aliphatic carboxylic acids is 1. The first-order chi connectivity index (χ1) is 9.34. The molecule has 0 saturated heterocycles. The number of benzene rings is 1. The average Bonchev–Trinajstić information content (AvgIpc) is 2.38. The highest BCUT2D eigenvalue weighted by Gasteiger charge is 2.23. The molecule has 2 atom stereocenters. The average molecular weight is 301 g/mol.